The van der Waals surface area contributed by atoms with Gasteiger partial charge < -0.3 is 19.3 Å². The zero-order valence-corrected chi connectivity index (χ0v) is 16.0. The first-order valence-electron chi connectivity index (χ1n) is 7.64. The summed E-state index contributed by atoms with van der Waals surface area (Å²) in [7, 11) is -5.31. The second-order valence-electron chi connectivity index (χ2n) is 6.63. The van der Waals surface area contributed by atoms with Gasteiger partial charge in [0, 0.05) is 12.1 Å². The van der Waals surface area contributed by atoms with E-state index in [9.17, 15) is 27.0 Å². The lowest BCUT2D eigenvalue weighted by molar-refractivity contribution is -0.153. The largest absolute Gasteiger partial charge is 0.488 e. The molecule has 8 nitrogen and oxygen atoms in total. The summed E-state index contributed by atoms with van der Waals surface area (Å²) in [5.41, 5.74) is -0.177. The van der Waals surface area contributed by atoms with Gasteiger partial charge in [-0.25, -0.2) is 4.79 Å². The van der Waals surface area contributed by atoms with Crippen LogP contribution in [0.1, 0.15) is 47.8 Å². The molecule has 0 amide bonds. The maximum atomic E-state index is 12.9. The average molecular weight is 391 g/mol. The summed E-state index contributed by atoms with van der Waals surface area (Å²) in [6, 6.07) is 1.22. The van der Waals surface area contributed by atoms with Crippen LogP contribution in [-0.2, 0) is 26.6 Å². The molecule has 0 bridgehead atoms. The van der Waals surface area contributed by atoms with Gasteiger partial charge >= 0.3 is 22.4 Å². The van der Waals surface area contributed by atoms with E-state index in [1.165, 1.54) is 19.9 Å². The summed E-state index contributed by atoms with van der Waals surface area (Å²) in [6.45, 7) is 7.86. The molecule has 0 atom stereocenters. The normalized spacial score (nSPS) is 11.9. The van der Waals surface area contributed by atoms with Crippen LogP contribution < -0.4 is 9.50 Å². The lowest BCUT2D eigenvalue weighted by atomic mass is 9.96. The predicted octanol–water partition coefficient (Wildman–Crippen LogP) is 2.03. The summed E-state index contributed by atoms with van der Waals surface area (Å²) in [5.74, 6) is -2.25. The van der Waals surface area contributed by atoms with Gasteiger partial charge in [0.05, 0.1) is 12.1 Å². The quantitative estimate of drug-likeness (QED) is 0.535. The number of rotatable bonds is 7. The second kappa shape index (κ2) is 8.00. The maximum absolute atomic E-state index is 12.9. The van der Waals surface area contributed by atoms with Crippen molar-refractivity contribution in [3.63, 3.8) is 0 Å². The fourth-order valence-corrected chi connectivity index (χ4v) is 2.70. The van der Waals surface area contributed by atoms with Crippen LogP contribution in [0, 0.1) is 13.8 Å². The van der Waals surface area contributed by atoms with Gasteiger partial charge in [-0.2, -0.15) is 8.42 Å². The molecular formula is C16H22FNO7S. The molecular weight excluding hydrogens is 369 g/mol. The Morgan fingerprint density at radius 2 is 1.81 bits per heavy atom. The first-order valence-corrected chi connectivity index (χ1v) is 8.95. The number of nitrogens with one attached hydrogen (secondary N) is 1. The summed E-state index contributed by atoms with van der Waals surface area (Å²) < 4.78 is 43.7. The molecule has 1 aromatic carbocycles. The number of carboxylic acids is 1. The summed E-state index contributed by atoms with van der Waals surface area (Å²) in [5, 5.41) is 12.1. The van der Waals surface area contributed by atoms with Crippen LogP contribution in [0.3, 0.4) is 0 Å². The van der Waals surface area contributed by atoms with Gasteiger partial charge in [0.15, 0.2) is 0 Å². The van der Waals surface area contributed by atoms with Crippen LogP contribution in [0.4, 0.5) is 3.89 Å². The van der Waals surface area contributed by atoms with Gasteiger partial charge in [0.2, 0.25) is 0 Å². The highest BCUT2D eigenvalue weighted by atomic mass is 32.3. The van der Waals surface area contributed by atoms with Crippen molar-refractivity contribution < 1.29 is 35.9 Å². The number of carboxylic acid groups (broad SMARTS) is 1. The molecule has 10 heteroatoms. The Labute approximate surface area is 151 Å². The van der Waals surface area contributed by atoms with Gasteiger partial charge in [0.25, 0.3) is 0 Å². The highest BCUT2D eigenvalue weighted by Gasteiger charge is 2.22. The molecule has 0 aliphatic carbocycles. The van der Waals surface area contributed by atoms with Gasteiger partial charge in [-0.15, -0.1) is 0 Å². The van der Waals surface area contributed by atoms with Crippen molar-refractivity contribution in [1.82, 2.24) is 5.32 Å². The Hall–Kier alpha value is -2.20. The standard InChI is InChI=1S/C16H22FNO7S/c1-9-11(7-18-8-13(19)24-16(3,4)5)6-12(25-26(17,22)23)10(2)14(9)15(20)21/h6,18H,7-8H2,1-5H3,(H,20,21). The molecule has 0 radical (unpaired) electrons. The van der Waals surface area contributed by atoms with Crippen molar-refractivity contribution in [3.05, 3.63) is 28.3 Å². The van der Waals surface area contributed by atoms with Crippen molar-refractivity contribution in [1.29, 1.82) is 0 Å². The van der Waals surface area contributed by atoms with Crippen LogP contribution in [-0.4, -0.2) is 37.6 Å². The molecule has 1 aromatic rings. The first kappa shape index (κ1) is 21.8. The van der Waals surface area contributed by atoms with E-state index in [4.69, 9.17) is 4.74 Å². The van der Waals surface area contributed by atoms with Gasteiger partial charge in [0.1, 0.15) is 11.4 Å². The van der Waals surface area contributed by atoms with Gasteiger partial charge in [-0.05, 0) is 51.8 Å². The number of benzene rings is 1. The molecule has 0 aliphatic rings. The molecule has 2 N–H and O–H groups in total. The van der Waals surface area contributed by atoms with E-state index in [-0.39, 0.29) is 24.2 Å². The van der Waals surface area contributed by atoms with E-state index >= 15 is 0 Å². The number of carbonyl (C=O) groups is 2. The van der Waals surface area contributed by atoms with Crippen LogP contribution in [0.2, 0.25) is 0 Å². The molecule has 1 rings (SSSR count). The minimum Gasteiger partial charge on any atom is -0.478 e. The van der Waals surface area contributed by atoms with E-state index in [1.54, 1.807) is 20.8 Å². The molecule has 0 aromatic heterocycles. The minimum absolute atomic E-state index is 0.0212. The Morgan fingerprint density at radius 3 is 2.27 bits per heavy atom. The number of ether oxygens (including phenoxy) is 1. The highest BCUT2D eigenvalue weighted by molar-refractivity contribution is 7.81. The minimum atomic E-state index is -5.31. The molecule has 26 heavy (non-hydrogen) atoms. The number of hydrogen-bond donors (Lipinski definition) is 2. The smallest absolute Gasteiger partial charge is 0.478 e. The molecule has 146 valence electrons. The second-order valence-corrected chi connectivity index (χ2v) is 7.58. The summed E-state index contributed by atoms with van der Waals surface area (Å²) in [4.78, 5) is 23.1. The summed E-state index contributed by atoms with van der Waals surface area (Å²) >= 11 is 0. The van der Waals surface area contributed by atoms with E-state index in [0.717, 1.165) is 0 Å². The fraction of sp³-hybridized carbons (Fsp3) is 0.500. The van der Waals surface area contributed by atoms with E-state index in [1.807, 2.05) is 0 Å². The zero-order chi connectivity index (χ0) is 20.3. The maximum Gasteiger partial charge on any atom is 0.488 e. The first-order chi connectivity index (χ1) is 11.7. The van der Waals surface area contributed by atoms with Crippen molar-refractivity contribution >= 4 is 22.4 Å². The van der Waals surface area contributed by atoms with Crippen molar-refractivity contribution in [2.24, 2.45) is 0 Å². The third-order valence-corrected chi connectivity index (χ3v) is 3.69. The SMILES string of the molecule is Cc1c(CNCC(=O)OC(C)(C)C)cc(OS(=O)(=O)F)c(C)c1C(=O)O. The summed E-state index contributed by atoms with van der Waals surface area (Å²) in [6.07, 6.45) is 0. The van der Waals surface area contributed by atoms with Crippen molar-refractivity contribution in [3.8, 4) is 5.75 Å². The number of carbonyl (C=O) groups excluding carboxylic acids is 1. The van der Waals surface area contributed by atoms with Gasteiger partial charge in [-0.3, -0.25) is 4.79 Å². The molecule has 0 unspecified atom stereocenters. The average Bonchev–Trinajstić information content (AvgIpc) is 2.40. The lowest BCUT2D eigenvalue weighted by Crippen LogP contribution is -2.31. The Kier molecular flexibility index (Phi) is 6.72. The molecule has 0 aliphatic heterocycles. The number of esters is 1. The number of halogens is 1. The third-order valence-electron chi connectivity index (χ3n) is 3.31. The highest BCUT2D eigenvalue weighted by Crippen LogP contribution is 2.29. The molecule has 0 spiro atoms. The predicted molar refractivity (Wildman–Crippen MR) is 91.1 cm³/mol. The molecule has 0 heterocycles. The topological polar surface area (TPSA) is 119 Å². The lowest BCUT2D eigenvalue weighted by Gasteiger charge is -2.20. The van der Waals surface area contributed by atoms with E-state index < -0.39 is 33.8 Å². The van der Waals surface area contributed by atoms with Crippen LogP contribution in [0.5, 0.6) is 5.75 Å². The Morgan fingerprint density at radius 1 is 1.23 bits per heavy atom. The zero-order valence-electron chi connectivity index (χ0n) is 15.2. The number of hydrogen-bond acceptors (Lipinski definition) is 7. The molecule has 0 saturated heterocycles. The van der Waals surface area contributed by atoms with Crippen molar-refractivity contribution in [2.45, 2.75) is 46.8 Å². The number of aromatic carboxylic acids is 1. The van der Waals surface area contributed by atoms with Crippen LogP contribution >= 0.6 is 0 Å². The molecule has 0 fully saturated rings. The van der Waals surface area contributed by atoms with E-state index in [2.05, 4.69) is 9.50 Å². The van der Waals surface area contributed by atoms with Crippen molar-refractivity contribution in [2.75, 3.05) is 6.54 Å². The Balaban J connectivity index is 3.07. The monoisotopic (exact) mass is 391 g/mol. The molecule has 0 saturated carbocycles. The van der Waals surface area contributed by atoms with Crippen LogP contribution in [0.25, 0.3) is 0 Å². The fourth-order valence-electron chi connectivity index (χ4n) is 2.31. The van der Waals surface area contributed by atoms with Gasteiger partial charge in [-0.1, -0.05) is 3.89 Å². The third kappa shape index (κ3) is 6.60. The Bertz CT molecular complexity index is 813. The van der Waals surface area contributed by atoms with Crippen LogP contribution in [0.15, 0.2) is 6.07 Å². The van der Waals surface area contributed by atoms with E-state index in [0.29, 0.717) is 11.1 Å².